The normalized spacial score (nSPS) is 8.56. The summed E-state index contributed by atoms with van der Waals surface area (Å²) in [4.78, 5) is 1.51. The topological polar surface area (TPSA) is 43.7 Å². The Morgan fingerprint density at radius 1 is 1.22 bits per heavy atom. The van der Waals surface area contributed by atoms with Gasteiger partial charge < -0.3 is 15.1 Å². The molecule has 0 heterocycles. The van der Waals surface area contributed by atoms with E-state index in [4.69, 9.17) is 16.6 Å². The minimum Gasteiger partial charge on any atom is -0.395 e. The second-order valence-electron chi connectivity index (χ2n) is 1.56. The summed E-state index contributed by atoms with van der Waals surface area (Å²) in [6.07, 6.45) is 5.00. The molecule has 0 saturated carbocycles. The van der Waals surface area contributed by atoms with E-state index >= 15 is 0 Å². The molecule has 0 aromatic carbocycles. The van der Waals surface area contributed by atoms with Crippen LogP contribution < -0.4 is 0 Å². The molecule has 0 aliphatic heterocycles. The van der Waals surface area contributed by atoms with Crippen LogP contribution in [0.3, 0.4) is 0 Å². The molecule has 2 N–H and O–H groups in total. The Morgan fingerprint density at radius 2 is 1.67 bits per heavy atom. The Morgan fingerprint density at radius 3 is 1.89 bits per heavy atom. The molecular formula is C6H11NO2. The maximum atomic E-state index is 8.38. The van der Waals surface area contributed by atoms with Gasteiger partial charge >= 0.3 is 0 Å². The molecule has 0 bridgehead atoms. The van der Waals surface area contributed by atoms with Gasteiger partial charge in [0.25, 0.3) is 0 Å². The van der Waals surface area contributed by atoms with Crippen molar-refractivity contribution in [2.45, 2.75) is 0 Å². The van der Waals surface area contributed by atoms with Crippen molar-refractivity contribution >= 4 is 0 Å². The number of aliphatic hydroxyl groups is 2. The standard InChI is InChI=1S/C6H11NO2/c1-2-7(3-5-8)4-6-9/h1,8-9H,3-6H2. The molecule has 52 valence electrons. The highest BCUT2D eigenvalue weighted by Gasteiger charge is 1.93. The number of terminal acetylenes is 1. The summed E-state index contributed by atoms with van der Waals surface area (Å²) in [6.45, 7) is 0.919. The van der Waals surface area contributed by atoms with Crippen LogP contribution in [0.5, 0.6) is 0 Å². The van der Waals surface area contributed by atoms with E-state index < -0.39 is 0 Å². The first-order valence-corrected chi connectivity index (χ1v) is 2.78. The van der Waals surface area contributed by atoms with E-state index in [9.17, 15) is 0 Å². The van der Waals surface area contributed by atoms with Gasteiger partial charge in [-0.25, -0.2) is 0 Å². The molecule has 9 heavy (non-hydrogen) atoms. The second-order valence-corrected chi connectivity index (χ2v) is 1.56. The summed E-state index contributed by atoms with van der Waals surface area (Å²) in [5, 5.41) is 16.8. The van der Waals surface area contributed by atoms with Gasteiger partial charge in [-0.1, -0.05) is 6.42 Å². The molecule has 0 rings (SSSR count). The first-order chi connectivity index (χ1) is 4.35. The zero-order valence-electron chi connectivity index (χ0n) is 5.25. The third kappa shape index (κ3) is 3.83. The highest BCUT2D eigenvalue weighted by Crippen LogP contribution is 1.80. The molecular weight excluding hydrogens is 118 g/mol. The van der Waals surface area contributed by atoms with E-state index in [1.54, 1.807) is 0 Å². The molecule has 0 amide bonds. The van der Waals surface area contributed by atoms with Crippen LogP contribution in [0.15, 0.2) is 0 Å². The Bertz CT molecular complexity index is 91.7. The Kier molecular flexibility index (Phi) is 4.98. The lowest BCUT2D eigenvalue weighted by Crippen LogP contribution is -2.24. The smallest absolute Gasteiger partial charge is 0.0613 e. The predicted molar refractivity (Wildman–Crippen MR) is 34.6 cm³/mol. The molecule has 3 nitrogen and oxygen atoms in total. The van der Waals surface area contributed by atoms with Gasteiger partial charge in [-0.3, -0.25) is 0 Å². The lowest BCUT2D eigenvalue weighted by atomic mass is 10.5. The van der Waals surface area contributed by atoms with Gasteiger partial charge in [-0.05, 0) is 0 Å². The Labute approximate surface area is 54.9 Å². The first kappa shape index (κ1) is 8.28. The van der Waals surface area contributed by atoms with Crippen LogP contribution in [0.2, 0.25) is 0 Å². The van der Waals surface area contributed by atoms with Crippen molar-refractivity contribution in [2.24, 2.45) is 0 Å². The van der Waals surface area contributed by atoms with Gasteiger partial charge in [0, 0.05) is 19.1 Å². The summed E-state index contributed by atoms with van der Waals surface area (Å²) in [7, 11) is 0. The fraction of sp³-hybridized carbons (Fsp3) is 0.667. The van der Waals surface area contributed by atoms with Crippen LogP contribution in [0.25, 0.3) is 0 Å². The lowest BCUT2D eigenvalue weighted by molar-refractivity contribution is 0.206. The molecule has 0 unspecified atom stereocenters. The summed E-state index contributed by atoms with van der Waals surface area (Å²) >= 11 is 0. The molecule has 0 radical (unpaired) electrons. The fourth-order valence-electron chi connectivity index (χ4n) is 0.482. The van der Waals surface area contributed by atoms with E-state index in [1.165, 1.54) is 4.90 Å². The van der Waals surface area contributed by atoms with Crippen LogP contribution in [-0.2, 0) is 0 Å². The number of hydrogen-bond donors (Lipinski definition) is 2. The van der Waals surface area contributed by atoms with Crippen molar-refractivity contribution in [3.8, 4) is 12.5 Å². The SMILES string of the molecule is C#CN(CCO)CCO. The molecule has 0 atom stereocenters. The Hall–Kier alpha value is -0.720. The van der Waals surface area contributed by atoms with Crippen LogP contribution in [0.1, 0.15) is 0 Å². The predicted octanol–water partition coefficient (Wildman–Crippen LogP) is -1.14. The van der Waals surface area contributed by atoms with Gasteiger partial charge in [-0.2, -0.15) is 0 Å². The van der Waals surface area contributed by atoms with E-state index in [0.29, 0.717) is 13.1 Å². The summed E-state index contributed by atoms with van der Waals surface area (Å²) in [5.41, 5.74) is 0. The maximum absolute atomic E-state index is 8.38. The van der Waals surface area contributed by atoms with Crippen molar-refractivity contribution < 1.29 is 10.2 Å². The zero-order chi connectivity index (χ0) is 7.11. The third-order valence-electron chi connectivity index (χ3n) is 0.922. The average Bonchev–Trinajstić information content (AvgIpc) is 1.88. The van der Waals surface area contributed by atoms with Gasteiger partial charge in [0.2, 0.25) is 0 Å². The van der Waals surface area contributed by atoms with Crippen molar-refractivity contribution in [2.75, 3.05) is 26.3 Å². The van der Waals surface area contributed by atoms with Gasteiger partial charge in [0.15, 0.2) is 0 Å². The van der Waals surface area contributed by atoms with E-state index in [2.05, 4.69) is 6.04 Å². The molecule has 0 aliphatic carbocycles. The highest BCUT2D eigenvalue weighted by atomic mass is 16.3. The van der Waals surface area contributed by atoms with E-state index in [0.717, 1.165) is 0 Å². The largest absolute Gasteiger partial charge is 0.395 e. The van der Waals surface area contributed by atoms with Crippen molar-refractivity contribution in [1.82, 2.24) is 4.90 Å². The summed E-state index contributed by atoms with van der Waals surface area (Å²) < 4.78 is 0. The third-order valence-corrected chi connectivity index (χ3v) is 0.922. The van der Waals surface area contributed by atoms with Gasteiger partial charge in [-0.15, -0.1) is 0 Å². The minimum absolute atomic E-state index is 0.0319. The van der Waals surface area contributed by atoms with E-state index in [1.807, 2.05) is 0 Å². The van der Waals surface area contributed by atoms with Crippen LogP contribution in [-0.4, -0.2) is 41.4 Å². The maximum Gasteiger partial charge on any atom is 0.0613 e. The molecule has 3 heteroatoms. The number of nitrogens with zero attached hydrogens (tertiary/aromatic N) is 1. The minimum atomic E-state index is 0.0319. The molecule has 0 aromatic rings. The van der Waals surface area contributed by atoms with Crippen LogP contribution in [0.4, 0.5) is 0 Å². The van der Waals surface area contributed by atoms with E-state index in [-0.39, 0.29) is 13.2 Å². The van der Waals surface area contributed by atoms with Crippen molar-refractivity contribution in [1.29, 1.82) is 0 Å². The highest BCUT2D eigenvalue weighted by molar-refractivity contribution is 4.84. The van der Waals surface area contributed by atoms with Gasteiger partial charge in [0.1, 0.15) is 0 Å². The van der Waals surface area contributed by atoms with Crippen LogP contribution in [0, 0.1) is 12.5 Å². The lowest BCUT2D eigenvalue weighted by Gasteiger charge is -2.12. The quantitative estimate of drug-likeness (QED) is 0.372. The summed E-state index contributed by atoms with van der Waals surface area (Å²) in [6, 6.07) is 2.32. The molecule has 0 saturated heterocycles. The summed E-state index contributed by atoms with van der Waals surface area (Å²) in [5.74, 6) is 0. The monoisotopic (exact) mass is 129 g/mol. The second kappa shape index (κ2) is 5.42. The zero-order valence-corrected chi connectivity index (χ0v) is 5.25. The first-order valence-electron chi connectivity index (χ1n) is 2.78. The fourth-order valence-corrected chi connectivity index (χ4v) is 0.482. The van der Waals surface area contributed by atoms with Crippen molar-refractivity contribution in [3.05, 3.63) is 0 Å². The average molecular weight is 129 g/mol. The molecule has 0 aromatic heterocycles. The van der Waals surface area contributed by atoms with Gasteiger partial charge in [0.05, 0.1) is 13.2 Å². The molecule has 0 aliphatic rings. The number of rotatable bonds is 4. The Balaban J connectivity index is 3.32. The molecule has 0 fully saturated rings. The number of hydrogen-bond acceptors (Lipinski definition) is 3. The molecule has 0 spiro atoms. The van der Waals surface area contributed by atoms with Crippen LogP contribution >= 0.6 is 0 Å². The van der Waals surface area contributed by atoms with Crippen molar-refractivity contribution in [3.63, 3.8) is 0 Å². The number of aliphatic hydroxyl groups excluding tert-OH is 2.